The number of benzene rings is 2. The third kappa shape index (κ3) is 3.07. The maximum absolute atomic E-state index is 11.0. The quantitative estimate of drug-likeness (QED) is 0.653. The van der Waals surface area contributed by atoms with Gasteiger partial charge in [-0.25, -0.2) is 4.79 Å². The molecule has 5 heteroatoms. The number of rotatable bonds is 3. The average Bonchev–Trinajstić information content (AvgIpc) is 3.23. The van der Waals surface area contributed by atoms with Gasteiger partial charge >= 0.3 is 6.03 Å². The number of nitrogens with two attached hydrogens (primary N) is 1. The Bertz CT molecular complexity index is 1000. The highest BCUT2D eigenvalue weighted by molar-refractivity contribution is 6.21. The molecule has 1 aromatic heterocycles. The topological polar surface area (TPSA) is 83.3 Å². The highest BCUT2D eigenvalue weighted by Gasteiger charge is 2.14. The largest absolute Gasteiger partial charge is 0.361 e. The van der Waals surface area contributed by atoms with Gasteiger partial charge in [-0.2, -0.15) is 0 Å². The van der Waals surface area contributed by atoms with Crippen molar-refractivity contribution in [1.29, 1.82) is 0 Å². The molecule has 1 aliphatic rings. The number of carbonyl (C=O) groups is 1. The monoisotopic (exact) mass is 328 g/mol. The van der Waals surface area contributed by atoms with Crippen molar-refractivity contribution >= 4 is 35.3 Å². The van der Waals surface area contributed by atoms with Crippen LogP contribution >= 0.6 is 0 Å². The van der Waals surface area contributed by atoms with Crippen LogP contribution < -0.4 is 11.1 Å². The van der Waals surface area contributed by atoms with Gasteiger partial charge in [0.25, 0.3) is 0 Å². The summed E-state index contributed by atoms with van der Waals surface area (Å²) in [6.07, 6.45) is 5.84. The molecule has 3 aromatic rings. The number of carbonyl (C=O) groups excluding carboxylic acids is 1. The van der Waals surface area contributed by atoms with Gasteiger partial charge in [0.1, 0.15) is 0 Å². The molecule has 0 radical (unpaired) electrons. The zero-order valence-corrected chi connectivity index (χ0v) is 13.4. The minimum absolute atomic E-state index is 0.582. The minimum atomic E-state index is -0.582. The molecule has 0 fully saturated rings. The normalized spacial score (nSPS) is 13.8. The van der Waals surface area contributed by atoms with Crippen molar-refractivity contribution in [1.82, 2.24) is 4.98 Å². The van der Waals surface area contributed by atoms with Crippen LogP contribution in [0, 0.1) is 0 Å². The molecule has 0 atom stereocenters. The van der Waals surface area contributed by atoms with Gasteiger partial charge < -0.3 is 16.0 Å². The van der Waals surface area contributed by atoms with Crippen molar-refractivity contribution in [2.75, 3.05) is 5.32 Å². The molecule has 2 amide bonds. The predicted molar refractivity (Wildman–Crippen MR) is 102 cm³/mol. The molecule has 122 valence electrons. The molecule has 2 heterocycles. The zero-order valence-electron chi connectivity index (χ0n) is 13.4. The van der Waals surface area contributed by atoms with E-state index < -0.39 is 6.03 Å². The fourth-order valence-corrected chi connectivity index (χ4v) is 2.88. The lowest BCUT2D eigenvalue weighted by Crippen LogP contribution is -2.19. The second kappa shape index (κ2) is 6.13. The first-order valence-corrected chi connectivity index (χ1v) is 7.89. The molecule has 0 saturated heterocycles. The van der Waals surface area contributed by atoms with E-state index in [1.54, 1.807) is 6.07 Å². The fourth-order valence-electron chi connectivity index (χ4n) is 2.88. The third-order valence-corrected chi connectivity index (χ3v) is 4.04. The number of hydrogen-bond donors (Lipinski definition) is 3. The van der Waals surface area contributed by atoms with E-state index in [0.717, 1.165) is 33.6 Å². The number of urea groups is 1. The van der Waals surface area contributed by atoms with E-state index in [1.807, 2.05) is 48.8 Å². The SMILES string of the molecule is NC(=O)Nc1ccc2c(c1)C(=Cc1cc(-c3ccccc3)c[nH]1)C=N2. The molecule has 0 saturated carbocycles. The number of aliphatic imine (C=N–C) groups is 1. The summed E-state index contributed by atoms with van der Waals surface area (Å²) in [6, 6.07) is 17.2. The van der Waals surface area contributed by atoms with E-state index >= 15 is 0 Å². The molecule has 4 rings (SSSR count). The van der Waals surface area contributed by atoms with Crippen LogP contribution in [0.2, 0.25) is 0 Å². The van der Waals surface area contributed by atoms with Crippen molar-refractivity contribution in [3.63, 3.8) is 0 Å². The van der Waals surface area contributed by atoms with E-state index in [1.165, 1.54) is 0 Å². The van der Waals surface area contributed by atoms with Crippen molar-refractivity contribution in [2.24, 2.45) is 10.7 Å². The molecule has 0 bridgehead atoms. The number of aromatic amines is 1. The molecule has 1 aliphatic heterocycles. The van der Waals surface area contributed by atoms with Crippen molar-refractivity contribution in [2.45, 2.75) is 0 Å². The molecule has 5 nitrogen and oxygen atoms in total. The van der Waals surface area contributed by atoms with Crippen LogP contribution in [0.1, 0.15) is 11.3 Å². The molecule has 0 spiro atoms. The molecule has 2 aromatic carbocycles. The lowest BCUT2D eigenvalue weighted by atomic mass is 10.0. The predicted octanol–water partition coefficient (Wildman–Crippen LogP) is 4.43. The van der Waals surface area contributed by atoms with E-state index in [2.05, 4.69) is 33.5 Å². The Morgan fingerprint density at radius 2 is 1.92 bits per heavy atom. The van der Waals surface area contributed by atoms with Gasteiger partial charge in [-0.3, -0.25) is 4.99 Å². The van der Waals surface area contributed by atoms with Gasteiger partial charge in [0.05, 0.1) is 5.69 Å². The van der Waals surface area contributed by atoms with Gasteiger partial charge in [-0.05, 0) is 41.5 Å². The van der Waals surface area contributed by atoms with Crippen molar-refractivity contribution in [3.05, 3.63) is 72.1 Å². The lowest BCUT2D eigenvalue weighted by Gasteiger charge is -2.05. The second-order valence-electron chi connectivity index (χ2n) is 5.79. The van der Waals surface area contributed by atoms with Crippen LogP contribution in [0.4, 0.5) is 16.2 Å². The highest BCUT2D eigenvalue weighted by atomic mass is 16.2. The number of hydrogen-bond acceptors (Lipinski definition) is 2. The summed E-state index contributed by atoms with van der Waals surface area (Å²) in [7, 11) is 0. The summed E-state index contributed by atoms with van der Waals surface area (Å²) >= 11 is 0. The van der Waals surface area contributed by atoms with Crippen LogP contribution in [-0.4, -0.2) is 17.2 Å². The molecule has 25 heavy (non-hydrogen) atoms. The molecule has 0 unspecified atom stereocenters. The summed E-state index contributed by atoms with van der Waals surface area (Å²) in [4.78, 5) is 18.7. The van der Waals surface area contributed by atoms with Crippen LogP contribution in [-0.2, 0) is 0 Å². The van der Waals surface area contributed by atoms with Gasteiger partial charge in [-0.1, -0.05) is 30.3 Å². The summed E-state index contributed by atoms with van der Waals surface area (Å²) < 4.78 is 0. The van der Waals surface area contributed by atoms with Crippen LogP contribution in [0.5, 0.6) is 0 Å². The number of nitrogens with one attached hydrogen (secondary N) is 2. The fraction of sp³-hybridized carbons (Fsp3) is 0. The first-order chi connectivity index (χ1) is 12.2. The summed E-state index contributed by atoms with van der Waals surface area (Å²) in [5.74, 6) is 0. The van der Waals surface area contributed by atoms with E-state index in [-0.39, 0.29) is 0 Å². The van der Waals surface area contributed by atoms with Gasteiger partial charge in [0.15, 0.2) is 0 Å². The minimum Gasteiger partial charge on any atom is -0.361 e. The number of amides is 2. The number of fused-ring (bicyclic) bond motifs is 1. The number of anilines is 1. The summed E-state index contributed by atoms with van der Waals surface area (Å²) in [6.45, 7) is 0. The Balaban J connectivity index is 1.65. The van der Waals surface area contributed by atoms with Crippen LogP contribution in [0.15, 0.2) is 65.8 Å². The average molecular weight is 328 g/mol. The van der Waals surface area contributed by atoms with Crippen LogP contribution in [0.25, 0.3) is 22.8 Å². The van der Waals surface area contributed by atoms with Crippen molar-refractivity contribution < 1.29 is 4.79 Å². The number of allylic oxidation sites excluding steroid dienone is 1. The number of nitrogens with zero attached hydrogens (tertiary/aromatic N) is 1. The number of H-pyrrole nitrogens is 1. The summed E-state index contributed by atoms with van der Waals surface area (Å²) in [5, 5.41) is 2.59. The first-order valence-electron chi connectivity index (χ1n) is 7.89. The molecule has 0 aliphatic carbocycles. The molecule has 4 N–H and O–H groups in total. The van der Waals surface area contributed by atoms with E-state index in [4.69, 9.17) is 5.73 Å². The second-order valence-corrected chi connectivity index (χ2v) is 5.79. The number of aromatic nitrogens is 1. The maximum Gasteiger partial charge on any atom is 0.316 e. The molecular formula is C20H16N4O. The van der Waals surface area contributed by atoms with E-state index in [9.17, 15) is 4.79 Å². The Hall–Kier alpha value is -3.60. The Kier molecular flexibility index (Phi) is 3.67. The summed E-state index contributed by atoms with van der Waals surface area (Å²) in [5.41, 5.74) is 11.9. The van der Waals surface area contributed by atoms with E-state index in [0.29, 0.717) is 5.69 Å². The zero-order chi connectivity index (χ0) is 17.2. The van der Waals surface area contributed by atoms with Gasteiger partial charge in [0.2, 0.25) is 0 Å². The van der Waals surface area contributed by atoms with Gasteiger partial charge in [0, 0.05) is 34.9 Å². The first kappa shape index (κ1) is 15.0. The smallest absolute Gasteiger partial charge is 0.316 e. The Morgan fingerprint density at radius 1 is 1.08 bits per heavy atom. The van der Waals surface area contributed by atoms with Crippen molar-refractivity contribution in [3.8, 4) is 11.1 Å². The van der Waals surface area contributed by atoms with Crippen LogP contribution in [0.3, 0.4) is 0 Å². The van der Waals surface area contributed by atoms with Gasteiger partial charge in [-0.15, -0.1) is 0 Å². The number of primary amides is 1. The Morgan fingerprint density at radius 3 is 2.72 bits per heavy atom. The Labute approximate surface area is 144 Å². The maximum atomic E-state index is 11.0. The molecular weight excluding hydrogens is 312 g/mol. The third-order valence-electron chi connectivity index (χ3n) is 4.04. The highest BCUT2D eigenvalue weighted by Crippen LogP contribution is 2.35. The standard InChI is InChI=1S/C20H16N4O/c21-20(25)24-16-6-7-19-18(10-16)15(12-23-19)9-17-8-14(11-22-17)13-4-2-1-3-5-13/h1-12,22H,(H3,21,24,25). The lowest BCUT2D eigenvalue weighted by molar-refractivity contribution is 0.259.